The molecular formula is C39H50N3O6-. The number of phenols is 1. The van der Waals surface area contributed by atoms with Crippen LogP contribution >= 0.6 is 0 Å². The second-order valence-electron chi connectivity index (χ2n) is 13.7. The zero-order valence-electron chi connectivity index (χ0n) is 28.1. The highest BCUT2D eigenvalue weighted by atomic mass is 16.5. The van der Waals surface area contributed by atoms with Crippen LogP contribution in [-0.2, 0) is 22.4 Å². The Morgan fingerprint density at radius 1 is 1.06 bits per heavy atom. The number of hydrogen-bond acceptors (Lipinski definition) is 8. The van der Waals surface area contributed by atoms with Gasteiger partial charge in [-0.2, -0.15) is 11.9 Å². The lowest BCUT2D eigenvalue weighted by Crippen LogP contribution is -2.37. The van der Waals surface area contributed by atoms with E-state index in [9.17, 15) is 24.9 Å². The van der Waals surface area contributed by atoms with E-state index < -0.39 is 29.0 Å². The molecule has 0 bridgehead atoms. The van der Waals surface area contributed by atoms with Gasteiger partial charge < -0.3 is 30.8 Å². The SMILES string of the molecule is COc1cc(CCC(=O)[C@H](O)C(=O)CCCCCCC2CCCCC2)cc([C@@H]2c3ccnc(N)c3C=C[C@@]2(CO)Cc2ccc[n-]2)c1O. The largest absolute Gasteiger partial charge is 0.668 e. The fourth-order valence-corrected chi connectivity index (χ4v) is 7.70. The van der Waals surface area contributed by atoms with Crippen LogP contribution in [0, 0.1) is 11.3 Å². The van der Waals surface area contributed by atoms with Gasteiger partial charge in [0, 0.05) is 41.5 Å². The number of fused-ring (bicyclic) bond motifs is 1. The molecule has 258 valence electrons. The number of aliphatic hydroxyl groups is 2. The van der Waals surface area contributed by atoms with Crippen LogP contribution in [0.4, 0.5) is 5.82 Å². The van der Waals surface area contributed by atoms with E-state index in [0.29, 0.717) is 35.3 Å². The van der Waals surface area contributed by atoms with Gasteiger partial charge in [-0.25, -0.2) is 4.98 Å². The third kappa shape index (κ3) is 8.18. The van der Waals surface area contributed by atoms with Gasteiger partial charge in [0.25, 0.3) is 0 Å². The Morgan fingerprint density at radius 2 is 1.83 bits per heavy atom. The number of nitrogens with two attached hydrogens (primary N) is 1. The molecule has 5 rings (SSSR count). The summed E-state index contributed by atoms with van der Waals surface area (Å²) < 4.78 is 5.57. The first kappa shape index (κ1) is 35.4. The van der Waals surface area contributed by atoms with Crippen LogP contribution in [0.15, 0.2) is 48.8 Å². The van der Waals surface area contributed by atoms with Gasteiger partial charge >= 0.3 is 0 Å². The van der Waals surface area contributed by atoms with Crippen molar-refractivity contribution in [3.63, 3.8) is 0 Å². The van der Waals surface area contributed by atoms with Crippen molar-refractivity contribution in [3.05, 3.63) is 76.7 Å². The first-order valence-electron chi connectivity index (χ1n) is 17.5. The van der Waals surface area contributed by atoms with Crippen molar-refractivity contribution in [2.75, 3.05) is 19.5 Å². The molecule has 2 heterocycles. The number of pyridine rings is 1. The third-order valence-corrected chi connectivity index (χ3v) is 10.4. The summed E-state index contributed by atoms with van der Waals surface area (Å²) in [6, 6.07) is 9.04. The molecular weight excluding hydrogens is 606 g/mol. The maximum absolute atomic E-state index is 13.0. The number of carbonyl (C=O) groups is 2. The number of phenolic OH excluding ortho intramolecular Hbond substituents is 1. The molecule has 2 aliphatic carbocycles. The molecule has 48 heavy (non-hydrogen) atoms. The summed E-state index contributed by atoms with van der Waals surface area (Å²) in [5.41, 5.74) is 8.83. The first-order chi connectivity index (χ1) is 23.3. The average Bonchev–Trinajstić information content (AvgIpc) is 3.62. The molecule has 0 spiro atoms. The minimum atomic E-state index is -1.64. The van der Waals surface area contributed by atoms with Crippen LogP contribution in [-0.4, -0.2) is 51.7 Å². The summed E-state index contributed by atoms with van der Waals surface area (Å²) in [4.78, 5) is 34.4. The number of unbranched alkanes of at least 4 members (excludes halogenated alkanes) is 3. The van der Waals surface area contributed by atoms with Crippen LogP contribution in [0.1, 0.15) is 111 Å². The molecule has 1 saturated carbocycles. The van der Waals surface area contributed by atoms with E-state index in [4.69, 9.17) is 10.5 Å². The standard InChI is InChI=1S/C39H50N3O6/c1-48-34-23-27(15-16-33(45)37(47)32(44)14-8-3-2-5-10-26-11-6-4-7-12-26)22-31(36(34)46)35-29-18-21-42-38(40)30(29)17-19-39(35,25-43)24-28-13-9-20-41-28/h9,13,17-23,26,35,37,43,46-47H,2-8,10-12,14-16,24-25H2,1H3,(H2,40,42)/q-1/t35-,37+,39-/m0/s1. The number of ether oxygens (including phenoxy) is 1. The Morgan fingerprint density at radius 3 is 2.56 bits per heavy atom. The number of rotatable bonds is 17. The van der Waals surface area contributed by atoms with Crippen LogP contribution in [0.25, 0.3) is 6.08 Å². The molecule has 1 aromatic carbocycles. The predicted octanol–water partition coefficient (Wildman–Crippen LogP) is 6.07. The Balaban J connectivity index is 1.27. The number of aromatic nitrogens is 2. The van der Waals surface area contributed by atoms with Gasteiger partial charge in [0.05, 0.1) is 13.7 Å². The maximum Gasteiger partial charge on any atom is 0.170 e. The monoisotopic (exact) mass is 656 g/mol. The quantitative estimate of drug-likeness (QED) is 0.100. The van der Waals surface area contributed by atoms with Crippen molar-refractivity contribution in [2.45, 2.75) is 102 Å². The fraction of sp³-hybridized carbons (Fsp3) is 0.513. The summed E-state index contributed by atoms with van der Waals surface area (Å²) in [5, 5.41) is 33.0. The van der Waals surface area contributed by atoms with Crippen LogP contribution < -0.4 is 15.5 Å². The van der Waals surface area contributed by atoms with Gasteiger partial charge in [-0.05, 0) is 48.4 Å². The van der Waals surface area contributed by atoms with Gasteiger partial charge in [0.15, 0.2) is 29.2 Å². The summed E-state index contributed by atoms with van der Waals surface area (Å²) in [7, 11) is 1.45. The number of aromatic hydroxyl groups is 1. The van der Waals surface area contributed by atoms with Crippen molar-refractivity contribution < 1.29 is 29.6 Å². The number of nitrogen functional groups attached to an aromatic ring is 1. The zero-order valence-corrected chi connectivity index (χ0v) is 28.1. The number of carbonyl (C=O) groups excluding carboxylic acids is 2. The van der Waals surface area contributed by atoms with Gasteiger partial charge in [0.1, 0.15) is 5.82 Å². The van der Waals surface area contributed by atoms with Crippen LogP contribution in [0.3, 0.4) is 0 Å². The predicted molar refractivity (Wildman–Crippen MR) is 186 cm³/mol. The van der Waals surface area contributed by atoms with E-state index in [0.717, 1.165) is 30.0 Å². The number of nitrogens with zero attached hydrogens (tertiary/aromatic N) is 2. The molecule has 0 amide bonds. The molecule has 9 nitrogen and oxygen atoms in total. The molecule has 5 N–H and O–H groups in total. The van der Waals surface area contributed by atoms with Gasteiger partial charge in [-0.1, -0.05) is 88.1 Å². The lowest BCUT2D eigenvalue weighted by molar-refractivity contribution is -0.138. The van der Waals surface area contributed by atoms with E-state index in [-0.39, 0.29) is 37.4 Å². The van der Waals surface area contributed by atoms with Crippen molar-refractivity contribution in [2.24, 2.45) is 11.3 Å². The molecule has 3 atom stereocenters. The van der Waals surface area contributed by atoms with E-state index in [2.05, 4.69) is 9.97 Å². The number of Topliss-reactive ketones (excluding diaryl/α,β-unsaturated/α-hetero) is 2. The van der Waals surface area contributed by atoms with Gasteiger partial charge in [-0.3, -0.25) is 9.59 Å². The summed E-state index contributed by atoms with van der Waals surface area (Å²) in [5.74, 6) is -0.203. The molecule has 0 unspecified atom stereocenters. The Hall–Kier alpha value is -3.95. The molecule has 0 saturated heterocycles. The number of hydrogen-bond donors (Lipinski definition) is 4. The molecule has 2 aliphatic rings. The lowest BCUT2D eigenvalue weighted by Gasteiger charge is -2.42. The topological polar surface area (TPSA) is 157 Å². The minimum Gasteiger partial charge on any atom is -0.668 e. The van der Waals surface area contributed by atoms with Gasteiger partial charge in [-0.15, -0.1) is 0 Å². The second kappa shape index (κ2) is 16.4. The van der Waals surface area contributed by atoms with E-state index in [1.165, 1.54) is 52.1 Å². The van der Waals surface area contributed by atoms with E-state index >= 15 is 0 Å². The molecule has 1 fully saturated rings. The smallest absolute Gasteiger partial charge is 0.170 e. The number of anilines is 1. The summed E-state index contributed by atoms with van der Waals surface area (Å²) >= 11 is 0. The molecule has 9 heteroatoms. The average molecular weight is 657 g/mol. The maximum atomic E-state index is 13.0. The normalized spacial score (nSPS) is 19.9. The Labute approximate surface area is 283 Å². The van der Waals surface area contributed by atoms with Crippen LogP contribution in [0.5, 0.6) is 11.5 Å². The van der Waals surface area contributed by atoms with E-state index in [1.54, 1.807) is 24.5 Å². The molecule has 3 aromatic rings. The molecule has 0 aliphatic heterocycles. The van der Waals surface area contributed by atoms with Gasteiger partial charge in [0.2, 0.25) is 0 Å². The first-order valence-corrected chi connectivity index (χ1v) is 17.5. The number of benzene rings is 1. The number of aliphatic hydroxyl groups excluding tert-OH is 2. The van der Waals surface area contributed by atoms with Crippen molar-refractivity contribution in [1.82, 2.24) is 9.97 Å². The lowest BCUT2D eigenvalue weighted by atomic mass is 9.63. The minimum absolute atomic E-state index is 0.0533. The van der Waals surface area contributed by atoms with Crippen molar-refractivity contribution in [1.29, 1.82) is 0 Å². The van der Waals surface area contributed by atoms with Crippen LogP contribution in [0.2, 0.25) is 0 Å². The van der Waals surface area contributed by atoms with Crippen molar-refractivity contribution >= 4 is 23.5 Å². The summed E-state index contributed by atoms with van der Waals surface area (Å²) in [6.45, 7) is -0.248. The number of ketones is 2. The zero-order chi connectivity index (χ0) is 34.1. The van der Waals surface area contributed by atoms with Crippen molar-refractivity contribution in [3.8, 4) is 11.5 Å². The number of methoxy groups -OCH3 is 1. The molecule has 0 radical (unpaired) electrons. The Bertz CT molecular complexity index is 1560. The molecule has 2 aromatic heterocycles. The third-order valence-electron chi connectivity index (χ3n) is 10.4. The fourth-order valence-electron chi connectivity index (χ4n) is 7.70. The Kier molecular flexibility index (Phi) is 12.1. The van der Waals surface area contributed by atoms with E-state index in [1.807, 2.05) is 30.4 Å². The highest BCUT2D eigenvalue weighted by Crippen LogP contribution is 2.53. The summed E-state index contributed by atoms with van der Waals surface area (Å²) in [6.07, 6.45) is 18.1. The highest BCUT2D eigenvalue weighted by Gasteiger charge is 2.43. The number of aryl methyl sites for hydroxylation is 1. The highest BCUT2D eigenvalue weighted by molar-refractivity contribution is 6.05. The second-order valence-corrected chi connectivity index (χ2v) is 13.7.